The molecular weight excluding hydrogens is 458 g/mol. The molecule has 0 aliphatic carbocycles. The van der Waals surface area contributed by atoms with Crippen LogP contribution in [0.2, 0.25) is 0 Å². The van der Waals surface area contributed by atoms with Crippen molar-refractivity contribution in [3.63, 3.8) is 0 Å². The average molecular weight is 490 g/mol. The van der Waals surface area contributed by atoms with Crippen molar-refractivity contribution in [3.8, 4) is 0 Å². The number of ketones is 1. The van der Waals surface area contributed by atoms with Crippen LogP contribution in [0.4, 0.5) is 4.79 Å². The van der Waals surface area contributed by atoms with E-state index in [1.165, 1.54) is 19.3 Å². The Bertz CT molecular complexity index is 915. The normalized spacial score (nSPS) is 21.8. The van der Waals surface area contributed by atoms with Crippen molar-refractivity contribution in [2.24, 2.45) is 0 Å². The summed E-state index contributed by atoms with van der Waals surface area (Å²) in [5, 5.41) is 8.66. The molecule has 1 fully saturated rings. The van der Waals surface area contributed by atoms with E-state index in [4.69, 9.17) is 28.8 Å². The van der Waals surface area contributed by atoms with Gasteiger partial charge in [-0.05, 0) is 36.6 Å². The van der Waals surface area contributed by atoms with Crippen LogP contribution in [0.5, 0.6) is 0 Å². The van der Waals surface area contributed by atoms with Gasteiger partial charge >= 0.3 is 6.09 Å². The van der Waals surface area contributed by atoms with Crippen LogP contribution in [-0.4, -0.2) is 92.8 Å². The predicted molar refractivity (Wildman–Crippen MR) is 123 cm³/mol. The molecule has 10 heteroatoms. The van der Waals surface area contributed by atoms with E-state index in [0.717, 1.165) is 10.5 Å². The molecule has 0 aromatic heterocycles. The Labute approximate surface area is 204 Å². The summed E-state index contributed by atoms with van der Waals surface area (Å²) in [6, 6.07) is 8.93. The van der Waals surface area contributed by atoms with Crippen LogP contribution >= 0.6 is 0 Å². The second kappa shape index (κ2) is 13.7. The van der Waals surface area contributed by atoms with E-state index in [0.29, 0.717) is 38.4 Å². The van der Waals surface area contributed by atoms with Gasteiger partial charge in [0.15, 0.2) is 18.0 Å². The smallest absolute Gasteiger partial charge is 0.417 e. The van der Waals surface area contributed by atoms with E-state index in [1.54, 1.807) is 6.08 Å². The number of carbonyl (C=O) groups is 3. The Morgan fingerprint density at radius 3 is 2.60 bits per heavy atom. The maximum atomic E-state index is 13.3. The van der Waals surface area contributed by atoms with Gasteiger partial charge in [-0.25, -0.2) is 9.69 Å². The van der Waals surface area contributed by atoms with Crippen molar-refractivity contribution in [3.05, 3.63) is 59.9 Å². The van der Waals surface area contributed by atoms with Crippen LogP contribution in [0.15, 0.2) is 54.3 Å². The summed E-state index contributed by atoms with van der Waals surface area (Å²) in [4.78, 5) is 39.3. The van der Waals surface area contributed by atoms with Crippen LogP contribution in [0.25, 0.3) is 0 Å². The first kappa shape index (κ1) is 26.6. The molecule has 2 amide bonds. The number of aliphatic hydroxyl groups excluding tert-OH is 1. The third-order valence-corrected chi connectivity index (χ3v) is 5.46. The highest BCUT2D eigenvalue weighted by Crippen LogP contribution is 2.24. The molecule has 1 saturated heterocycles. The lowest BCUT2D eigenvalue weighted by Crippen LogP contribution is -2.53. The predicted octanol–water partition coefficient (Wildman–Crippen LogP) is 1.42. The third-order valence-electron chi connectivity index (χ3n) is 5.46. The average Bonchev–Trinajstić information content (AvgIpc) is 3.23. The first-order valence-corrected chi connectivity index (χ1v) is 11.5. The van der Waals surface area contributed by atoms with Gasteiger partial charge in [-0.15, -0.1) is 0 Å². The lowest BCUT2D eigenvalue weighted by Gasteiger charge is -2.30. The Kier molecular flexibility index (Phi) is 10.4. The minimum atomic E-state index is -1.32. The van der Waals surface area contributed by atoms with Crippen molar-refractivity contribution in [1.29, 1.82) is 0 Å². The van der Waals surface area contributed by atoms with Crippen molar-refractivity contribution in [2.45, 2.75) is 31.1 Å². The molecule has 3 unspecified atom stereocenters. The first-order valence-electron chi connectivity index (χ1n) is 11.5. The summed E-state index contributed by atoms with van der Waals surface area (Å²) in [6.45, 7) is 1.46. The van der Waals surface area contributed by atoms with E-state index >= 15 is 0 Å². The maximum absolute atomic E-state index is 13.3. The minimum Gasteiger partial charge on any atom is -0.479 e. The van der Waals surface area contributed by atoms with Gasteiger partial charge in [0.2, 0.25) is 0 Å². The summed E-state index contributed by atoms with van der Waals surface area (Å²) in [5.74, 6) is -0.726. The van der Waals surface area contributed by atoms with Crippen LogP contribution in [0.1, 0.15) is 12.0 Å². The molecule has 1 aromatic carbocycles. The summed E-state index contributed by atoms with van der Waals surface area (Å²) in [5.41, 5.74) is 0.947. The quantitative estimate of drug-likeness (QED) is 0.410. The number of ether oxygens (including phenoxy) is 5. The number of imide groups is 1. The van der Waals surface area contributed by atoms with Gasteiger partial charge in [0, 0.05) is 7.11 Å². The van der Waals surface area contributed by atoms with Crippen molar-refractivity contribution in [1.82, 2.24) is 4.90 Å². The molecular formula is C25H31NO9. The zero-order valence-electron chi connectivity index (χ0n) is 19.7. The molecule has 1 N–H and O–H groups in total. The first-order chi connectivity index (χ1) is 17.0. The fourth-order valence-electron chi connectivity index (χ4n) is 3.76. The number of amides is 2. The zero-order valence-corrected chi connectivity index (χ0v) is 19.7. The Balaban J connectivity index is 1.60. The highest BCUT2D eigenvalue weighted by atomic mass is 16.6. The molecule has 2 aliphatic heterocycles. The number of rotatable bonds is 13. The van der Waals surface area contributed by atoms with Gasteiger partial charge in [0.25, 0.3) is 5.91 Å². The molecule has 1 aromatic rings. The number of hydrogen-bond donors (Lipinski definition) is 1. The monoisotopic (exact) mass is 489 g/mol. The second-order valence-electron chi connectivity index (χ2n) is 7.90. The highest BCUT2D eigenvalue weighted by Gasteiger charge is 2.46. The molecule has 2 aliphatic rings. The molecule has 2 heterocycles. The fraction of sp³-hybridized carbons (Fsp3) is 0.480. The van der Waals surface area contributed by atoms with Crippen molar-refractivity contribution >= 4 is 17.8 Å². The molecule has 0 radical (unpaired) electrons. The minimum absolute atomic E-state index is 0.0345. The van der Waals surface area contributed by atoms with Crippen LogP contribution < -0.4 is 0 Å². The van der Waals surface area contributed by atoms with E-state index < -0.39 is 36.0 Å². The molecule has 3 atom stereocenters. The van der Waals surface area contributed by atoms with Crippen LogP contribution in [-0.2, 0) is 39.7 Å². The summed E-state index contributed by atoms with van der Waals surface area (Å²) in [6.07, 6.45) is 2.18. The number of carbonyl (C=O) groups excluding carboxylic acids is 3. The summed E-state index contributed by atoms with van der Waals surface area (Å²) < 4.78 is 26.8. The van der Waals surface area contributed by atoms with Crippen LogP contribution in [0, 0.1) is 0 Å². The Morgan fingerprint density at radius 2 is 1.89 bits per heavy atom. The van der Waals surface area contributed by atoms with Gasteiger partial charge in [0.1, 0.15) is 12.4 Å². The molecule has 0 saturated carbocycles. The molecule has 0 spiro atoms. The van der Waals surface area contributed by atoms with Gasteiger partial charge in [-0.1, -0.05) is 30.3 Å². The Hall–Kier alpha value is -3.05. The number of hydrogen-bond acceptors (Lipinski definition) is 9. The van der Waals surface area contributed by atoms with Crippen LogP contribution in [0.3, 0.4) is 0 Å². The van der Waals surface area contributed by atoms with Crippen molar-refractivity contribution in [2.75, 3.05) is 46.8 Å². The number of nitrogens with zero attached hydrogens (tertiary/aromatic N) is 1. The van der Waals surface area contributed by atoms with Gasteiger partial charge < -0.3 is 28.8 Å². The topological polar surface area (TPSA) is 121 Å². The van der Waals surface area contributed by atoms with E-state index in [1.807, 2.05) is 30.3 Å². The number of aliphatic hydroxyl groups is 1. The molecule has 35 heavy (non-hydrogen) atoms. The SMILES string of the molecule is COC(C(=O)N1C(=O)OCC1Cc1ccccc1)C1OC(=CCCOCCOCCO)C=CC1=O. The van der Waals surface area contributed by atoms with E-state index in [-0.39, 0.29) is 19.8 Å². The van der Waals surface area contributed by atoms with Gasteiger partial charge in [-0.3, -0.25) is 9.59 Å². The molecule has 3 rings (SSSR count). The number of allylic oxidation sites excluding steroid dienone is 1. The lowest BCUT2D eigenvalue weighted by molar-refractivity contribution is -0.153. The summed E-state index contributed by atoms with van der Waals surface area (Å²) in [7, 11) is 1.29. The highest BCUT2D eigenvalue weighted by molar-refractivity contribution is 6.03. The standard InChI is InChI=1S/C25H31NO9/c1-31-23(24(29)26-19(17-34-25(26)30)16-18-6-3-2-4-7-18)22-21(28)10-9-20(35-22)8-5-12-32-14-15-33-13-11-27/h2-4,6-10,19,22-23,27H,5,11-17H2,1H3. The molecule has 190 valence electrons. The summed E-state index contributed by atoms with van der Waals surface area (Å²) >= 11 is 0. The van der Waals surface area contributed by atoms with E-state index in [9.17, 15) is 14.4 Å². The largest absolute Gasteiger partial charge is 0.479 e. The second-order valence-corrected chi connectivity index (χ2v) is 7.90. The molecule has 10 nitrogen and oxygen atoms in total. The Morgan fingerprint density at radius 1 is 1.14 bits per heavy atom. The van der Waals surface area contributed by atoms with Gasteiger partial charge in [-0.2, -0.15) is 0 Å². The van der Waals surface area contributed by atoms with E-state index in [2.05, 4.69) is 0 Å². The third kappa shape index (κ3) is 7.46. The number of benzene rings is 1. The number of cyclic esters (lactones) is 1. The molecule has 0 bridgehead atoms. The zero-order chi connectivity index (χ0) is 25.0. The van der Waals surface area contributed by atoms with Gasteiger partial charge in [0.05, 0.1) is 39.1 Å². The van der Waals surface area contributed by atoms with Crippen molar-refractivity contribution < 1.29 is 43.2 Å². The number of methoxy groups -OCH3 is 1. The lowest BCUT2D eigenvalue weighted by atomic mass is 10.0. The maximum Gasteiger partial charge on any atom is 0.417 e. The fourth-order valence-corrected chi connectivity index (χ4v) is 3.76.